The Kier molecular flexibility index (Phi) is 2.57. The van der Waals surface area contributed by atoms with Crippen LogP contribution in [0.25, 0.3) is 0 Å². The zero-order chi connectivity index (χ0) is 8.48. The molecule has 0 N–H and O–H groups in total. The minimum atomic E-state index is -3.63. The van der Waals surface area contributed by atoms with Crippen molar-refractivity contribution in [3.63, 3.8) is 0 Å². The highest BCUT2D eigenvalue weighted by molar-refractivity contribution is 8.16. The lowest BCUT2D eigenvalue weighted by Crippen LogP contribution is -2.12. The summed E-state index contributed by atoms with van der Waals surface area (Å²) in [6.45, 7) is 3.96. The highest BCUT2D eigenvalue weighted by Crippen LogP contribution is 2.24. The largest absolute Gasteiger partial charge is 0.373 e. The van der Waals surface area contributed by atoms with E-state index in [2.05, 4.69) is 6.58 Å². The first-order valence-corrected chi connectivity index (χ1v) is 5.58. The molecule has 1 unspecified atom stereocenters. The summed E-state index contributed by atoms with van der Waals surface area (Å²) in [5, 5.41) is 0. The molecule has 0 saturated carbocycles. The van der Waals surface area contributed by atoms with Crippen LogP contribution in [0.15, 0.2) is 11.5 Å². The summed E-state index contributed by atoms with van der Waals surface area (Å²) in [5.74, 6) is 0. The van der Waals surface area contributed by atoms with Crippen LogP contribution < -0.4 is 0 Å². The quantitative estimate of drug-likeness (QED) is 0.625. The third-order valence-electron chi connectivity index (χ3n) is 1.60. The Morgan fingerprint density at radius 1 is 1.64 bits per heavy atom. The molecular weight excluding hydrogens is 188 g/mol. The molecule has 1 fully saturated rings. The molecule has 0 aromatic rings. The normalized spacial score (nSPS) is 25.4. The maximum absolute atomic E-state index is 10.7. The Balaban J connectivity index is 2.69. The van der Waals surface area contributed by atoms with Gasteiger partial charge in [0.1, 0.15) is 0 Å². The highest BCUT2D eigenvalue weighted by atomic mass is 35.7. The minimum Gasteiger partial charge on any atom is -0.373 e. The second kappa shape index (κ2) is 3.13. The zero-order valence-corrected chi connectivity index (χ0v) is 7.49. The van der Waals surface area contributed by atoms with Crippen LogP contribution in [-0.2, 0) is 13.8 Å². The van der Waals surface area contributed by atoms with Gasteiger partial charge in [0.2, 0.25) is 0 Å². The molecule has 5 heteroatoms. The molecule has 0 radical (unpaired) electrons. The van der Waals surface area contributed by atoms with Gasteiger partial charge < -0.3 is 4.74 Å². The van der Waals surface area contributed by atoms with Crippen molar-refractivity contribution >= 4 is 19.7 Å². The van der Waals surface area contributed by atoms with Crippen molar-refractivity contribution in [2.75, 3.05) is 6.61 Å². The summed E-state index contributed by atoms with van der Waals surface area (Å²) < 4.78 is 26.5. The van der Waals surface area contributed by atoms with E-state index in [1.54, 1.807) is 0 Å². The number of halogens is 1. The van der Waals surface area contributed by atoms with Gasteiger partial charge in [-0.05, 0) is 12.8 Å². The molecule has 1 rings (SSSR count). The summed E-state index contributed by atoms with van der Waals surface area (Å²) in [6, 6.07) is 0. The average molecular weight is 197 g/mol. The van der Waals surface area contributed by atoms with E-state index in [1.165, 1.54) is 0 Å². The molecule has 64 valence electrons. The van der Waals surface area contributed by atoms with E-state index in [4.69, 9.17) is 15.4 Å². The summed E-state index contributed by atoms with van der Waals surface area (Å²) in [4.78, 5) is -0.0170. The fourth-order valence-electron chi connectivity index (χ4n) is 0.989. The number of hydrogen-bond acceptors (Lipinski definition) is 3. The molecule has 1 aliphatic heterocycles. The summed E-state index contributed by atoms with van der Waals surface area (Å²) in [5.41, 5.74) is 0. The van der Waals surface area contributed by atoms with Gasteiger partial charge in [-0.3, -0.25) is 0 Å². The van der Waals surface area contributed by atoms with Crippen molar-refractivity contribution in [3.05, 3.63) is 11.5 Å². The van der Waals surface area contributed by atoms with E-state index < -0.39 is 15.2 Å². The molecule has 0 aliphatic carbocycles. The molecule has 0 bridgehead atoms. The Hall–Kier alpha value is -0.0600. The Morgan fingerprint density at radius 3 is 2.64 bits per heavy atom. The lowest BCUT2D eigenvalue weighted by molar-refractivity contribution is 0.142. The molecule has 0 spiro atoms. The molecule has 0 aromatic carbocycles. The molecular formula is C6H9ClO3S. The highest BCUT2D eigenvalue weighted by Gasteiger charge is 2.26. The summed E-state index contributed by atoms with van der Waals surface area (Å²) in [6.07, 6.45) is 1.18. The molecule has 1 aliphatic rings. The maximum atomic E-state index is 10.7. The molecule has 3 nitrogen and oxygen atoms in total. The first-order valence-electron chi connectivity index (χ1n) is 3.27. The fraction of sp³-hybridized carbons (Fsp3) is 0.667. The standard InChI is InChI=1S/C6H9ClO3S/c1-5(11(7,8)9)6-3-2-4-10-6/h6H,1-4H2. The lowest BCUT2D eigenvalue weighted by Gasteiger charge is -2.08. The van der Waals surface area contributed by atoms with Crippen LogP contribution in [0.2, 0.25) is 0 Å². The van der Waals surface area contributed by atoms with Gasteiger partial charge in [-0.2, -0.15) is 0 Å². The predicted molar refractivity (Wildman–Crippen MR) is 42.9 cm³/mol. The SMILES string of the molecule is C=C(C1CCCO1)S(=O)(=O)Cl. The van der Waals surface area contributed by atoms with Crippen molar-refractivity contribution in [2.24, 2.45) is 0 Å². The molecule has 0 aromatic heterocycles. The number of hydrogen-bond donors (Lipinski definition) is 0. The van der Waals surface area contributed by atoms with Crippen molar-refractivity contribution < 1.29 is 13.2 Å². The molecule has 0 amide bonds. The maximum Gasteiger partial charge on any atom is 0.259 e. The third-order valence-corrected chi connectivity index (χ3v) is 3.09. The number of ether oxygens (including phenoxy) is 1. The summed E-state index contributed by atoms with van der Waals surface area (Å²) >= 11 is 0. The van der Waals surface area contributed by atoms with Crippen molar-refractivity contribution in [3.8, 4) is 0 Å². The molecule has 1 heterocycles. The average Bonchev–Trinajstić information content (AvgIpc) is 2.34. The van der Waals surface area contributed by atoms with Gasteiger partial charge in [0.05, 0.1) is 11.0 Å². The first-order chi connectivity index (χ1) is 5.02. The smallest absolute Gasteiger partial charge is 0.259 e. The van der Waals surface area contributed by atoms with Gasteiger partial charge in [-0.15, -0.1) is 0 Å². The Bertz CT molecular complexity index is 251. The van der Waals surface area contributed by atoms with E-state index in [1.807, 2.05) is 0 Å². The van der Waals surface area contributed by atoms with Crippen LogP contribution in [0.5, 0.6) is 0 Å². The van der Waals surface area contributed by atoms with E-state index in [0.29, 0.717) is 13.0 Å². The number of rotatable bonds is 2. The van der Waals surface area contributed by atoms with Crippen molar-refractivity contribution in [1.82, 2.24) is 0 Å². The van der Waals surface area contributed by atoms with E-state index in [0.717, 1.165) is 6.42 Å². The first kappa shape index (κ1) is 9.03. The monoisotopic (exact) mass is 196 g/mol. The minimum absolute atomic E-state index is 0.0170. The second-order valence-electron chi connectivity index (χ2n) is 2.41. The molecule has 1 saturated heterocycles. The van der Waals surface area contributed by atoms with Crippen LogP contribution in [0, 0.1) is 0 Å². The van der Waals surface area contributed by atoms with Crippen LogP contribution in [-0.4, -0.2) is 21.1 Å². The van der Waals surface area contributed by atoms with Gasteiger partial charge >= 0.3 is 0 Å². The fourth-order valence-corrected chi connectivity index (χ4v) is 1.79. The van der Waals surface area contributed by atoms with Crippen molar-refractivity contribution in [1.29, 1.82) is 0 Å². The second-order valence-corrected chi connectivity index (χ2v) is 5.02. The van der Waals surface area contributed by atoms with Crippen LogP contribution in [0.4, 0.5) is 0 Å². The Morgan fingerprint density at radius 2 is 2.27 bits per heavy atom. The lowest BCUT2D eigenvalue weighted by atomic mass is 10.2. The van der Waals surface area contributed by atoms with E-state index >= 15 is 0 Å². The zero-order valence-electron chi connectivity index (χ0n) is 5.92. The van der Waals surface area contributed by atoms with Crippen molar-refractivity contribution in [2.45, 2.75) is 18.9 Å². The topological polar surface area (TPSA) is 43.4 Å². The van der Waals surface area contributed by atoms with E-state index in [-0.39, 0.29) is 4.91 Å². The predicted octanol–water partition coefficient (Wildman–Crippen LogP) is 1.25. The van der Waals surface area contributed by atoms with Gasteiger partial charge in [-0.1, -0.05) is 6.58 Å². The molecule has 1 atom stereocenters. The van der Waals surface area contributed by atoms with E-state index in [9.17, 15) is 8.42 Å². The van der Waals surface area contributed by atoms with Crippen LogP contribution in [0.3, 0.4) is 0 Å². The summed E-state index contributed by atoms with van der Waals surface area (Å²) in [7, 11) is 1.42. The van der Waals surface area contributed by atoms with Gasteiger partial charge in [0, 0.05) is 17.3 Å². The van der Waals surface area contributed by atoms with Gasteiger partial charge in [-0.25, -0.2) is 8.42 Å². The van der Waals surface area contributed by atoms with Gasteiger partial charge in [0.25, 0.3) is 9.05 Å². The molecule has 11 heavy (non-hydrogen) atoms. The third kappa shape index (κ3) is 2.18. The van der Waals surface area contributed by atoms with Crippen LogP contribution >= 0.6 is 10.7 Å². The van der Waals surface area contributed by atoms with Crippen LogP contribution in [0.1, 0.15) is 12.8 Å². The van der Waals surface area contributed by atoms with Gasteiger partial charge in [0.15, 0.2) is 0 Å². The Labute approximate surface area is 70.4 Å².